The van der Waals surface area contributed by atoms with Gasteiger partial charge in [0.15, 0.2) is 6.61 Å². The second kappa shape index (κ2) is 10.8. The van der Waals surface area contributed by atoms with Gasteiger partial charge in [0, 0.05) is 25.3 Å². The Labute approximate surface area is 215 Å². The summed E-state index contributed by atoms with van der Waals surface area (Å²) in [5.74, 6) is 0.229. The third-order valence-electron chi connectivity index (χ3n) is 6.98. The van der Waals surface area contributed by atoms with Crippen LogP contribution in [0, 0.1) is 17.1 Å². The van der Waals surface area contributed by atoms with E-state index in [4.69, 9.17) is 10.1 Å². The van der Waals surface area contributed by atoms with Crippen molar-refractivity contribution in [3.8, 4) is 5.75 Å². The number of rotatable bonds is 7. The van der Waals surface area contributed by atoms with E-state index in [2.05, 4.69) is 0 Å². The van der Waals surface area contributed by atoms with E-state index in [1.54, 1.807) is 14.7 Å². The average molecular weight is 501 g/mol. The van der Waals surface area contributed by atoms with Crippen molar-refractivity contribution in [1.29, 1.82) is 5.41 Å². The Kier molecular flexibility index (Phi) is 7.16. The Morgan fingerprint density at radius 1 is 0.919 bits per heavy atom. The molecule has 2 fully saturated rings. The van der Waals surface area contributed by atoms with Gasteiger partial charge in [0.05, 0.1) is 0 Å². The maximum atomic E-state index is 13.6. The average Bonchev–Trinajstić information content (AvgIpc) is 3.18. The van der Waals surface area contributed by atoms with E-state index in [1.165, 1.54) is 24.3 Å². The molecule has 0 aliphatic carbocycles. The normalized spacial score (nSPS) is 18.4. The molecule has 3 aromatic rings. The summed E-state index contributed by atoms with van der Waals surface area (Å²) in [6.45, 7) is 1.47. The Balaban J connectivity index is 1.21. The molecule has 1 atom stereocenters. The van der Waals surface area contributed by atoms with Crippen LogP contribution in [-0.2, 0) is 9.59 Å². The minimum absolute atomic E-state index is 0.101. The van der Waals surface area contributed by atoms with Crippen molar-refractivity contribution in [2.24, 2.45) is 5.92 Å². The number of nitrogens with one attached hydrogen (secondary N) is 1. The van der Waals surface area contributed by atoms with Crippen molar-refractivity contribution in [2.45, 2.75) is 18.9 Å². The lowest BCUT2D eigenvalue weighted by molar-refractivity contribution is -0.135. The zero-order valence-electron chi connectivity index (χ0n) is 20.4. The number of piperidine rings is 1. The van der Waals surface area contributed by atoms with E-state index in [0.717, 1.165) is 24.1 Å². The molecular formula is C29H29FN4O3. The summed E-state index contributed by atoms with van der Waals surface area (Å²) in [5.41, 5.74) is 1.66. The molecule has 0 radical (unpaired) electrons. The first-order chi connectivity index (χ1) is 18.0. The number of hydrogen-bond donors (Lipinski definition) is 1. The first-order valence-corrected chi connectivity index (χ1v) is 12.5. The van der Waals surface area contributed by atoms with E-state index in [9.17, 15) is 14.0 Å². The predicted octanol–water partition coefficient (Wildman–Crippen LogP) is 4.47. The standard InChI is InChI=1S/C29H29FN4O3/c30-23-11-13-25(14-12-23)37-20-26(35)32-17-15-21(16-18-32)19-33-28(36)27(22-7-3-1-4-8-22)34(29(33)31)24-9-5-2-6-10-24/h1-14,21,27,31H,15-20H2. The minimum atomic E-state index is -0.582. The lowest BCUT2D eigenvalue weighted by Crippen LogP contribution is -2.44. The number of carbonyl (C=O) groups excluding carboxylic acids is 2. The van der Waals surface area contributed by atoms with Crippen molar-refractivity contribution in [3.63, 3.8) is 0 Å². The maximum Gasteiger partial charge on any atom is 0.260 e. The largest absolute Gasteiger partial charge is 0.484 e. The highest BCUT2D eigenvalue weighted by atomic mass is 19.1. The number of carbonyl (C=O) groups is 2. The van der Waals surface area contributed by atoms with Crippen molar-refractivity contribution in [3.05, 3.63) is 96.3 Å². The monoisotopic (exact) mass is 500 g/mol. The molecule has 7 nitrogen and oxygen atoms in total. The van der Waals surface area contributed by atoms with Gasteiger partial charge in [-0.2, -0.15) is 0 Å². The van der Waals surface area contributed by atoms with Gasteiger partial charge in [0.2, 0.25) is 5.96 Å². The smallest absolute Gasteiger partial charge is 0.260 e. The second-order valence-electron chi connectivity index (χ2n) is 9.36. The van der Waals surface area contributed by atoms with E-state index < -0.39 is 6.04 Å². The van der Waals surface area contributed by atoms with Crippen LogP contribution < -0.4 is 9.64 Å². The highest BCUT2D eigenvalue weighted by molar-refractivity contribution is 6.15. The Bertz CT molecular complexity index is 1190. The molecule has 2 saturated heterocycles. The van der Waals surface area contributed by atoms with Crippen LogP contribution in [0.25, 0.3) is 0 Å². The van der Waals surface area contributed by atoms with Crippen molar-refractivity contribution in [1.82, 2.24) is 9.80 Å². The number of hydrogen-bond acceptors (Lipinski definition) is 4. The van der Waals surface area contributed by atoms with Gasteiger partial charge in [-0.15, -0.1) is 0 Å². The molecule has 2 aliphatic rings. The maximum absolute atomic E-state index is 13.6. The quantitative estimate of drug-likeness (QED) is 0.520. The fraction of sp³-hybridized carbons (Fsp3) is 0.276. The minimum Gasteiger partial charge on any atom is -0.484 e. The molecule has 0 aromatic heterocycles. The number of nitrogens with zero attached hydrogens (tertiary/aromatic N) is 3. The summed E-state index contributed by atoms with van der Waals surface area (Å²) in [6.07, 6.45) is 1.47. The lowest BCUT2D eigenvalue weighted by Gasteiger charge is -2.33. The van der Waals surface area contributed by atoms with Gasteiger partial charge >= 0.3 is 0 Å². The van der Waals surface area contributed by atoms with E-state index in [-0.39, 0.29) is 36.1 Å². The van der Waals surface area contributed by atoms with Crippen LogP contribution in [0.4, 0.5) is 10.1 Å². The Morgan fingerprint density at radius 3 is 2.19 bits per heavy atom. The van der Waals surface area contributed by atoms with Gasteiger partial charge in [0.1, 0.15) is 17.6 Å². The third kappa shape index (κ3) is 5.33. The van der Waals surface area contributed by atoms with Crippen molar-refractivity contribution >= 4 is 23.5 Å². The van der Waals surface area contributed by atoms with Crippen molar-refractivity contribution in [2.75, 3.05) is 31.1 Å². The van der Waals surface area contributed by atoms with E-state index in [1.807, 2.05) is 60.7 Å². The van der Waals surface area contributed by atoms with Crippen molar-refractivity contribution < 1.29 is 18.7 Å². The summed E-state index contributed by atoms with van der Waals surface area (Å²) < 4.78 is 18.6. The highest BCUT2D eigenvalue weighted by Gasteiger charge is 2.45. The van der Waals surface area contributed by atoms with Gasteiger partial charge in [-0.05, 0) is 60.7 Å². The van der Waals surface area contributed by atoms with Gasteiger partial charge in [-0.3, -0.25) is 24.8 Å². The van der Waals surface area contributed by atoms with Crippen LogP contribution in [0.3, 0.4) is 0 Å². The van der Waals surface area contributed by atoms with Gasteiger partial charge < -0.3 is 9.64 Å². The molecular weight excluding hydrogens is 471 g/mol. The molecule has 37 heavy (non-hydrogen) atoms. The molecule has 2 amide bonds. The molecule has 1 unspecified atom stereocenters. The molecule has 3 aromatic carbocycles. The summed E-state index contributed by atoms with van der Waals surface area (Å²) in [5, 5.41) is 8.91. The summed E-state index contributed by atoms with van der Waals surface area (Å²) in [7, 11) is 0. The van der Waals surface area contributed by atoms with E-state index >= 15 is 0 Å². The molecule has 2 heterocycles. The second-order valence-corrected chi connectivity index (χ2v) is 9.36. The Hall–Kier alpha value is -4.20. The summed E-state index contributed by atoms with van der Waals surface area (Å²) >= 11 is 0. The number of para-hydroxylation sites is 1. The number of guanidine groups is 1. The molecule has 0 saturated carbocycles. The molecule has 0 spiro atoms. The van der Waals surface area contributed by atoms with Crippen LogP contribution in [0.1, 0.15) is 24.4 Å². The molecule has 0 bridgehead atoms. The van der Waals surface area contributed by atoms with Crippen LogP contribution in [0.15, 0.2) is 84.9 Å². The fourth-order valence-electron chi connectivity index (χ4n) is 4.97. The van der Waals surface area contributed by atoms with Crippen LogP contribution in [0.2, 0.25) is 0 Å². The first-order valence-electron chi connectivity index (χ1n) is 12.5. The van der Waals surface area contributed by atoms with Crippen LogP contribution in [0.5, 0.6) is 5.75 Å². The predicted molar refractivity (Wildman–Crippen MR) is 139 cm³/mol. The summed E-state index contributed by atoms with van der Waals surface area (Å²) in [4.78, 5) is 31.4. The number of ether oxygens (including phenoxy) is 1. The molecule has 2 aliphatic heterocycles. The van der Waals surface area contributed by atoms with Gasteiger partial charge in [0.25, 0.3) is 11.8 Å². The number of amides is 2. The number of likely N-dealkylation sites (tertiary alicyclic amines) is 1. The number of benzene rings is 3. The van der Waals surface area contributed by atoms with Crippen LogP contribution in [-0.4, -0.2) is 53.8 Å². The molecule has 1 N–H and O–H groups in total. The van der Waals surface area contributed by atoms with Gasteiger partial charge in [-0.1, -0.05) is 48.5 Å². The fourth-order valence-corrected chi connectivity index (χ4v) is 4.97. The van der Waals surface area contributed by atoms with Crippen LogP contribution >= 0.6 is 0 Å². The molecule has 190 valence electrons. The third-order valence-corrected chi connectivity index (χ3v) is 6.98. The SMILES string of the molecule is N=C1N(CC2CCN(C(=O)COc3ccc(F)cc3)CC2)C(=O)C(c2ccccc2)N1c1ccccc1. The number of anilines is 1. The topological polar surface area (TPSA) is 76.9 Å². The number of halogens is 1. The summed E-state index contributed by atoms with van der Waals surface area (Å²) in [6, 6.07) is 24.1. The Morgan fingerprint density at radius 2 is 1.54 bits per heavy atom. The first kappa shape index (κ1) is 24.5. The molecule has 5 rings (SSSR count). The molecule has 8 heteroatoms. The highest BCUT2D eigenvalue weighted by Crippen LogP contribution is 2.36. The van der Waals surface area contributed by atoms with E-state index in [0.29, 0.717) is 25.4 Å². The zero-order valence-corrected chi connectivity index (χ0v) is 20.4. The van der Waals surface area contributed by atoms with Gasteiger partial charge in [-0.25, -0.2) is 4.39 Å². The zero-order chi connectivity index (χ0) is 25.8. The lowest BCUT2D eigenvalue weighted by atomic mass is 9.96.